The molecule has 0 amide bonds. The number of rotatable bonds is 3. The Morgan fingerprint density at radius 3 is 2.70 bits per heavy atom. The maximum Gasteiger partial charge on any atom is 0.173 e. The van der Waals surface area contributed by atoms with Gasteiger partial charge in [-0.05, 0) is 55.7 Å². The summed E-state index contributed by atoms with van der Waals surface area (Å²) in [6, 6.07) is 8.49. The normalized spacial score (nSPS) is 19.3. The number of nitrogens with one attached hydrogen (secondary N) is 1. The third-order valence-corrected chi connectivity index (χ3v) is 4.29. The summed E-state index contributed by atoms with van der Waals surface area (Å²) >= 11 is 5.60. The first-order chi connectivity index (χ1) is 9.74. The lowest BCUT2D eigenvalue weighted by molar-refractivity contribution is 0.311. The molecule has 3 nitrogen and oxygen atoms in total. The molecular formula is C16H24N2OS. The number of likely N-dealkylation sites (tertiary alicyclic amines) is 1. The van der Waals surface area contributed by atoms with Gasteiger partial charge in [0.1, 0.15) is 5.75 Å². The summed E-state index contributed by atoms with van der Waals surface area (Å²) in [4.78, 5) is 2.37. The Morgan fingerprint density at radius 1 is 1.30 bits per heavy atom. The van der Waals surface area contributed by atoms with E-state index in [0.29, 0.717) is 6.04 Å². The first-order valence-electron chi connectivity index (χ1n) is 7.46. The Kier molecular flexibility index (Phi) is 5.65. The van der Waals surface area contributed by atoms with Crippen LogP contribution in [0.1, 0.15) is 39.0 Å². The van der Waals surface area contributed by atoms with E-state index in [2.05, 4.69) is 17.1 Å². The topological polar surface area (TPSA) is 24.5 Å². The SMILES string of the molecule is CCC1CCCCCN1C(=S)Nc1ccc(OC)cc1. The zero-order valence-electron chi connectivity index (χ0n) is 12.4. The monoisotopic (exact) mass is 292 g/mol. The molecule has 4 heteroatoms. The van der Waals surface area contributed by atoms with E-state index < -0.39 is 0 Å². The predicted octanol–water partition coefficient (Wildman–Crippen LogP) is 4.05. The second kappa shape index (κ2) is 7.48. The predicted molar refractivity (Wildman–Crippen MR) is 88.5 cm³/mol. The van der Waals surface area contributed by atoms with Gasteiger partial charge in [0, 0.05) is 18.3 Å². The Labute approximate surface area is 127 Å². The zero-order chi connectivity index (χ0) is 14.4. The molecule has 1 aliphatic rings. The van der Waals surface area contributed by atoms with E-state index in [1.54, 1.807) is 7.11 Å². The molecule has 1 aliphatic heterocycles. The fraction of sp³-hybridized carbons (Fsp3) is 0.562. The van der Waals surface area contributed by atoms with Crippen molar-refractivity contribution in [1.82, 2.24) is 4.90 Å². The van der Waals surface area contributed by atoms with Gasteiger partial charge in [-0.2, -0.15) is 0 Å². The van der Waals surface area contributed by atoms with Crippen LogP contribution in [0.5, 0.6) is 5.75 Å². The van der Waals surface area contributed by atoms with Crippen LogP contribution in [0, 0.1) is 0 Å². The number of anilines is 1. The minimum Gasteiger partial charge on any atom is -0.497 e. The lowest BCUT2D eigenvalue weighted by Gasteiger charge is -2.32. The van der Waals surface area contributed by atoms with Crippen molar-refractivity contribution < 1.29 is 4.74 Å². The number of nitrogens with zero attached hydrogens (tertiary/aromatic N) is 1. The summed E-state index contributed by atoms with van der Waals surface area (Å²) in [5, 5.41) is 4.21. The molecule has 1 unspecified atom stereocenters. The van der Waals surface area contributed by atoms with E-state index in [9.17, 15) is 0 Å². The van der Waals surface area contributed by atoms with Gasteiger partial charge in [0.15, 0.2) is 5.11 Å². The average molecular weight is 292 g/mol. The summed E-state index contributed by atoms with van der Waals surface area (Å²) in [6.45, 7) is 3.32. The summed E-state index contributed by atoms with van der Waals surface area (Å²) in [5.74, 6) is 0.864. The van der Waals surface area contributed by atoms with Crippen molar-refractivity contribution >= 4 is 23.0 Å². The first kappa shape index (κ1) is 15.1. The van der Waals surface area contributed by atoms with Crippen molar-refractivity contribution in [3.8, 4) is 5.75 Å². The fourth-order valence-corrected chi connectivity index (χ4v) is 3.10. The molecule has 20 heavy (non-hydrogen) atoms. The van der Waals surface area contributed by atoms with E-state index in [1.807, 2.05) is 24.3 Å². The van der Waals surface area contributed by atoms with Crippen molar-refractivity contribution in [2.75, 3.05) is 19.0 Å². The standard InChI is InChI=1S/C16H24N2OS/c1-3-14-7-5-4-6-12-18(14)16(20)17-13-8-10-15(19-2)11-9-13/h8-11,14H,3-7,12H2,1-2H3,(H,17,20). The van der Waals surface area contributed by atoms with Crippen LogP contribution in [0.3, 0.4) is 0 Å². The van der Waals surface area contributed by atoms with Gasteiger partial charge >= 0.3 is 0 Å². The Balaban J connectivity index is 2.01. The van der Waals surface area contributed by atoms with Crippen molar-refractivity contribution in [1.29, 1.82) is 0 Å². The Morgan fingerprint density at radius 2 is 2.05 bits per heavy atom. The summed E-state index contributed by atoms with van der Waals surface area (Å²) in [5.41, 5.74) is 1.02. The van der Waals surface area contributed by atoms with E-state index >= 15 is 0 Å². The Bertz CT molecular complexity index is 433. The van der Waals surface area contributed by atoms with Crippen LogP contribution < -0.4 is 10.1 Å². The molecule has 2 rings (SSSR count). The number of benzene rings is 1. The third-order valence-electron chi connectivity index (χ3n) is 3.95. The number of thiocarbonyl (C=S) groups is 1. The molecule has 0 bridgehead atoms. The minimum atomic E-state index is 0.579. The van der Waals surface area contributed by atoms with Crippen LogP contribution in [0.15, 0.2) is 24.3 Å². The third kappa shape index (κ3) is 3.85. The van der Waals surface area contributed by atoms with E-state index in [0.717, 1.165) is 29.5 Å². The first-order valence-corrected chi connectivity index (χ1v) is 7.87. The van der Waals surface area contributed by atoms with Gasteiger partial charge in [0.25, 0.3) is 0 Å². The molecule has 0 spiro atoms. The molecule has 1 aromatic carbocycles. The molecule has 0 saturated carbocycles. The quantitative estimate of drug-likeness (QED) is 0.850. The van der Waals surface area contributed by atoms with Crippen molar-refractivity contribution in [3.05, 3.63) is 24.3 Å². The van der Waals surface area contributed by atoms with Crippen LogP contribution in [-0.2, 0) is 0 Å². The molecule has 0 aromatic heterocycles. The lowest BCUT2D eigenvalue weighted by Crippen LogP contribution is -2.42. The smallest absolute Gasteiger partial charge is 0.173 e. The number of methoxy groups -OCH3 is 1. The lowest BCUT2D eigenvalue weighted by atomic mass is 10.1. The average Bonchev–Trinajstić information content (AvgIpc) is 2.73. The highest BCUT2D eigenvalue weighted by molar-refractivity contribution is 7.80. The Hall–Kier alpha value is -1.29. The van der Waals surface area contributed by atoms with E-state index in [4.69, 9.17) is 17.0 Å². The van der Waals surface area contributed by atoms with Crippen LogP contribution >= 0.6 is 12.2 Å². The molecule has 1 heterocycles. The highest BCUT2D eigenvalue weighted by Gasteiger charge is 2.21. The van der Waals surface area contributed by atoms with Gasteiger partial charge in [0.05, 0.1) is 7.11 Å². The van der Waals surface area contributed by atoms with Gasteiger partial charge in [-0.3, -0.25) is 0 Å². The summed E-state index contributed by atoms with van der Waals surface area (Å²) in [6.07, 6.45) is 6.28. The number of hydrogen-bond acceptors (Lipinski definition) is 2. The number of ether oxygens (including phenoxy) is 1. The van der Waals surface area contributed by atoms with Crippen molar-refractivity contribution in [2.45, 2.75) is 45.1 Å². The zero-order valence-corrected chi connectivity index (χ0v) is 13.2. The molecule has 0 radical (unpaired) electrons. The van der Waals surface area contributed by atoms with Gasteiger partial charge in [-0.15, -0.1) is 0 Å². The van der Waals surface area contributed by atoms with Crippen molar-refractivity contribution in [2.24, 2.45) is 0 Å². The van der Waals surface area contributed by atoms with Crippen LogP contribution in [0.2, 0.25) is 0 Å². The summed E-state index contributed by atoms with van der Waals surface area (Å²) < 4.78 is 5.17. The molecule has 110 valence electrons. The second-order valence-electron chi connectivity index (χ2n) is 5.26. The molecule has 1 fully saturated rings. The van der Waals surface area contributed by atoms with Gasteiger partial charge in [-0.1, -0.05) is 19.8 Å². The minimum absolute atomic E-state index is 0.579. The maximum absolute atomic E-state index is 5.60. The highest BCUT2D eigenvalue weighted by atomic mass is 32.1. The second-order valence-corrected chi connectivity index (χ2v) is 5.65. The van der Waals surface area contributed by atoms with E-state index in [1.165, 1.54) is 25.7 Å². The molecule has 0 aliphatic carbocycles. The van der Waals surface area contributed by atoms with Gasteiger partial charge < -0.3 is 15.0 Å². The van der Waals surface area contributed by atoms with Crippen LogP contribution in [-0.4, -0.2) is 29.7 Å². The van der Waals surface area contributed by atoms with Crippen LogP contribution in [0.25, 0.3) is 0 Å². The van der Waals surface area contributed by atoms with Gasteiger partial charge in [-0.25, -0.2) is 0 Å². The molecule has 1 aromatic rings. The van der Waals surface area contributed by atoms with Crippen LogP contribution in [0.4, 0.5) is 5.69 Å². The largest absolute Gasteiger partial charge is 0.497 e. The molecule has 1 N–H and O–H groups in total. The van der Waals surface area contributed by atoms with Gasteiger partial charge in [0.2, 0.25) is 0 Å². The molecular weight excluding hydrogens is 268 g/mol. The maximum atomic E-state index is 5.60. The number of hydrogen-bond donors (Lipinski definition) is 1. The molecule has 1 atom stereocenters. The van der Waals surface area contributed by atoms with E-state index in [-0.39, 0.29) is 0 Å². The summed E-state index contributed by atoms with van der Waals surface area (Å²) in [7, 11) is 1.68. The van der Waals surface area contributed by atoms with Crippen molar-refractivity contribution in [3.63, 3.8) is 0 Å². The highest BCUT2D eigenvalue weighted by Crippen LogP contribution is 2.21. The fourth-order valence-electron chi connectivity index (χ4n) is 2.74. The molecule has 1 saturated heterocycles.